The molecule has 1 aromatic heterocycles. The molecule has 4 heterocycles. The summed E-state index contributed by atoms with van der Waals surface area (Å²) in [4.78, 5) is 17.9. The largest absolute Gasteiger partial charge is 0.338 e. The highest BCUT2D eigenvalue weighted by molar-refractivity contribution is 5.77. The number of piperidine rings is 1. The minimum Gasteiger partial charge on any atom is -0.338 e. The van der Waals surface area contributed by atoms with Crippen molar-refractivity contribution in [1.29, 1.82) is 0 Å². The predicted octanol–water partition coefficient (Wildman–Crippen LogP) is 2.44. The van der Waals surface area contributed by atoms with E-state index in [0.29, 0.717) is 30.3 Å². The second-order valence-corrected chi connectivity index (χ2v) is 8.95. The fourth-order valence-corrected chi connectivity index (χ4v) is 5.51. The molecule has 0 saturated carbocycles. The van der Waals surface area contributed by atoms with Crippen molar-refractivity contribution in [2.45, 2.75) is 50.6 Å². The van der Waals surface area contributed by atoms with Crippen molar-refractivity contribution < 1.29 is 4.79 Å². The third-order valence-electron chi connectivity index (χ3n) is 6.99. The highest BCUT2D eigenvalue weighted by Crippen LogP contribution is 2.33. The number of hydrogen-bond acceptors (Lipinski definition) is 3. The number of hydrogen-bond donors (Lipinski definition) is 0. The zero-order valence-corrected chi connectivity index (χ0v) is 16.8. The first-order valence-electron chi connectivity index (χ1n) is 10.7. The van der Waals surface area contributed by atoms with Gasteiger partial charge in [0.05, 0.1) is 6.20 Å². The van der Waals surface area contributed by atoms with Crippen molar-refractivity contribution in [1.82, 2.24) is 19.6 Å². The van der Waals surface area contributed by atoms with Gasteiger partial charge >= 0.3 is 0 Å². The van der Waals surface area contributed by atoms with Gasteiger partial charge in [-0.3, -0.25) is 14.4 Å². The summed E-state index contributed by atoms with van der Waals surface area (Å²) in [6.07, 6.45) is 10.1. The Morgan fingerprint density at radius 2 is 1.86 bits per heavy atom. The SMILES string of the molecule is Cn1cc(CCC(=O)N2C[C@H]3CC[C@@H]2CN(C2Cc4ccccc4C2)C3)cn1. The van der Waals surface area contributed by atoms with Crippen LogP contribution in [-0.2, 0) is 31.1 Å². The molecule has 0 N–H and O–H groups in total. The van der Waals surface area contributed by atoms with Crippen LogP contribution >= 0.6 is 0 Å². The fraction of sp³-hybridized carbons (Fsp3) is 0.565. The van der Waals surface area contributed by atoms with Gasteiger partial charge in [0, 0.05) is 51.4 Å². The Balaban J connectivity index is 1.23. The number of rotatable bonds is 4. The molecular weight excluding hydrogens is 348 g/mol. The Kier molecular flexibility index (Phi) is 4.71. The van der Waals surface area contributed by atoms with Crippen molar-refractivity contribution in [2.24, 2.45) is 13.0 Å². The van der Waals surface area contributed by atoms with E-state index in [-0.39, 0.29) is 0 Å². The van der Waals surface area contributed by atoms with Crippen molar-refractivity contribution in [3.63, 3.8) is 0 Å². The predicted molar refractivity (Wildman–Crippen MR) is 109 cm³/mol. The number of amides is 1. The van der Waals surface area contributed by atoms with Crippen LogP contribution in [0.3, 0.4) is 0 Å². The lowest BCUT2D eigenvalue weighted by atomic mass is 9.94. The topological polar surface area (TPSA) is 41.4 Å². The number of aromatic nitrogens is 2. The Hall–Kier alpha value is -2.14. The van der Waals surface area contributed by atoms with Gasteiger partial charge in [-0.1, -0.05) is 24.3 Å². The minimum atomic E-state index is 0.329. The smallest absolute Gasteiger partial charge is 0.223 e. The molecule has 148 valence electrons. The van der Waals surface area contributed by atoms with E-state index in [9.17, 15) is 4.79 Å². The molecule has 4 aliphatic rings. The van der Waals surface area contributed by atoms with Crippen molar-refractivity contribution in [3.05, 3.63) is 53.3 Å². The number of benzene rings is 1. The van der Waals surface area contributed by atoms with Crippen LogP contribution in [-0.4, -0.2) is 57.2 Å². The normalized spacial score (nSPS) is 25.1. The van der Waals surface area contributed by atoms with E-state index < -0.39 is 0 Å². The zero-order chi connectivity index (χ0) is 19.1. The first-order chi connectivity index (χ1) is 13.7. The Labute approximate surface area is 167 Å². The first-order valence-corrected chi connectivity index (χ1v) is 10.7. The molecule has 2 aromatic rings. The quantitative estimate of drug-likeness (QED) is 0.821. The maximum absolute atomic E-state index is 13.0. The van der Waals surface area contributed by atoms with E-state index in [1.807, 2.05) is 24.1 Å². The molecule has 6 rings (SSSR count). The Bertz CT molecular complexity index is 835. The van der Waals surface area contributed by atoms with Gasteiger partial charge in [0.2, 0.25) is 5.91 Å². The molecule has 28 heavy (non-hydrogen) atoms. The van der Waals surface area contributed by atoms with Crippen molar-refractivity contribution >= 4 is 5.91 Å². The van der Waals surface area contributed by atoms with Gasteiger partial charge in [-0.15, -0.1) is 0 Å². The molecule has 3 fully saturated rings. The third kappa shape index (κ3) is 3.48. The Morgan fingerprint density at radius 1 is 1.07 bits per heavy atom. The van der Waals surface area contributed by atoms with Gasteiger partial charge < -0.3 is 4.90 Å². The molecular formula is C23H30N4O. The van der Waals surface area contributed by atoms with E-state index in [1.54, 1.807) is 0 Å². The standard InChI is InChI=1S/C23H30N4O/c1-25-13-17(12-24-25)7-9-23(28)27-15-18-6-8-21(27)16-26(14-18)22-10-19-4-2-3-5-20(19)11-22/h2-5,12-13,18,21-22H,6-11,14-16H2,1H3/t18-,21+/m0/s1. The van der Waals surface area contributed by atoms with Crippen LogP contribution in [0.1, 0.15) is 36.0 Å². The van der Waals surface area contributed by atoms with Crippen LogP contribution in [0.25, 0.3) is 0 Å². The number of carbonyl (C=O) groups excluding carboxylic acids is 1. The molecule has 0 unspecified atom stereocenters. The van der Waals surface area contributed by atoms with Gasteiger partial charge in [-0.05, 0) is 54.7 Å². The average molecular weight is 379 g/mol. The van der Waals surface area contributed by atoms with E-state index in [4.69, 9.17) is 0 Å². The summed E-state index contributed by atoms with van der Waals surface area (Å²) < 4.78 is 1.81. The highest BCUT2D eigenvalue weighted by Gasteiger charge is 2.39. The van der Waals surface area contributed by atoms with Crippen LogP contribution in [0, 0.1) is 5.92 Å². The zero-order valence-electron chi connectivity index (χ0n) is 16.8. The highest BCUT2D eigenvalue weighted by atomic mass is 16.2. The van der Waals surface area contributed by atoms with Gasteiger partial charge in [-0.25, -0.2) is 0 Å². The van der Waals surface area contributed by atoms with Crippen molar-refractivity contribution in [3.8, 4) is 0 Å². The molecule has 2 atom stereocenters. The summed E-state index contributed by atoms with van der Waals surface area (Å²) >= 11 is 0. The summed E-state index contributed by atoms with van der Waals surface area (Å²) in [5.74, 6) is 0.958. The molecule has 1 amide bonds. The third-order valence-corrected chi connectivity index (χ3v) is 6.99. The summed E-state index contributed by atoms with van der Waals surface area (Å²) in [6.45, 7) is 3.15. The van der Waals surface area contributed by atoms with E-state index in [0.717, 1.165) is 31.6 Å². The summed E-state index contributed by atoms with van der Waals surface area (Å²) in [5.41, 5.74) is 4.20. The number of fused-ring (bicyclic) bond motifs is 5. The summed E-state index contributed by atoms with van der Waals surface area (Å²) in [7, 11) is 1.93. The average Bonchev–Trinajstić information content (AvgIpc) is 3.21. The maximum atomic E-state index is 13.0. The lowest BCUT2D eigenvalue weighted by Gasteiger charge is -2.36. The lowest BCUT2D eigenvalue weighted by molar-refractivity contribution is -0.135. The van der Waals surface area contributed by atoms with E-state index >= 15 is 0 Å². The fourth-order valence-electron chi connectivity index (χ4n) is 5.51. The second kappa shape index (κ2) is 7.36. The molecule has 0 radical (unpaired) electrons. The molecule has 1 aliphatic carbocycles. The van der Waals surface area contributed by atoms with Gasteiger partial charge in [0.1, 0.15) is 0 Å². The number of aryl methyl sites for hydroxylation is 2. The van der Waals surface area contributed by atoms with Gasteiger partial charge in [0.15, 0.2) is 0 Å². The van der Waals surface area contributed by atoms with E-state index in [2.05, 4.69) is 39.2 Å². The molecule has 3 saturated heterocycles. The minimum absolute atomic E-state index is 0.329. The monoisotopic (exact) mass is 378 g/mol. The van der Waals surface area contributed by atoms with Crippen LogP contribution < -0.4 is 0 Å². The van der Waals surface area contributed by atoms with Crippen LogP contribution in [0.15, 0.2) is 36.7 Å². The number of nitrogens with zero attached hydrogens (tertiary/aromatic N) is 4. The summed E-state index contributed by atoms with van der Waals surface area (Å²) in [6, 6.07) is 9.91. The number of carbonyl (C=O) groups is 1. The van der Waals surface area contributed by atoms with Gasteiger partial charge in [-0.2, -0.15) is 5.10 Å². The maximum Gasteiger partial charge on any atom is 0.223 e. The van der Waals surface area contributed by atoms with E-state index in [1.165, 1.54) is 36.8 Å². The lowest BCUT2D eigenvalue weighted by Crippen LogP contribution is -2.48. The van der Waals surface area contributed by atoms with Gasteiger partial charge in [0.25, 0.3) is 0 Å². The molecule has 5 heteroatoms. The summed E-state index contributed by atoms with van der Waals surface area (Å²) in [5, 5.41) is 4.22. The molecule has 5 nitrogen and oxygen atoms in total. The van der Waals surface area contributed by atoms with Crippen LogP contribution in [0.2, 0.25) is 0 Å². The first kappa shape index (κ1) is 17.9. The molecule has 1 aromatic carbocycles. The molecule has 3 aliphatic heterocycles. The van der Waals surface area contributed by atoms with Crippen molar-refractivity contribution in [2.75, 3.05) is 19.6 Å². The van der Waals surface area contributed by atoms with Crippen LogP contribution in [0.4, 0.5) is 0 Å². The second-order valence-electron chi connectivity index (χ2n) is 8.95. The Morgan fingerprint density at radius 3 is 2.57 bits per heavy atom. The molecule has 0 spiro atoms. The molecule has 2 bridgehead atoms. The van der Waals surface area contributed by atoms with Crippen LogP contribution in [0.5, 0.6) is 0 Å².